The molecule has 0 bridgehead atoms. The predicted molar refractivity (Wildman–Crippen MR) is 195 cm³/mol. The minimum atomic E-state index is -4.80. The lowest BCUT2D eigenvalue weighted by molar-refractivity contribution is -0.275. The molecule has 15 heteroatoms. The molecule has 0 saturated carbocycles. The number of fused-ring (bicyclic) bond motifs is 6. The third-order valence-corrected chi connectivity index (χ3v) is 12.3. The lowest BCUT2D eigenvalue weighted by Gasteiger charge is -2.38. The van der Waals surface area contributed by atoms with Crippen LogP contribution in [0.3, 0.4) is 0 Å². The largest absolute Gasteiger partial charge is 0.573 e. The lowest BCUT2D eigenvalue weighted by Crippen LogP contribution is -2.40. The molecule has 4 atom stereocenters. The maximum Gasteiger partial charge on any atom is 0.573 e. The molecule has 2 heterocycles. The second-order valence-electron chi connectivity index (χ2n) is 13.4. The molecule has 4 aromatic rings. The Morgan fingerprint density at radius 1 is 0.685 bits per heavy atom. The van der Waals surface area contributed by atoms with Gasteiger partial charge in [-0.05, 0) is 102 Å². The summed E-state index contributed by atoms with van der Waals surface area (Å²) in [6.45, 7) is 1.65. The van der Waals surface area contributed by atoms with Gasteiger partial charge in [-0.15, -0.1) is 26.3 Å². The van der Waals surface area contributed by atoms with Gasteiger partial charge in [-0.3, -0.25) is 4.31 Å². The summed E-state index contributed by atoms with van der Waals surface area (Å²) in [4.78, 5) is 2.31. The van der Waals surface area contributed by atoms with Crippen LogP contribution in [0.4, 0.5) is 37.7 Å². The Bertz CT molecular complexity index is 2200. The summed E-state index contributed by atoms with van der Waals surface area (Å²) in [5.74, 6) is -0.250. The van der Waals surface area contributed by atoms with E-state index in [0.29, 0.717) is 40.2 Å². The zero-order chi connectivity index (χ0) is 38.4. The molecule has 0 aromatic heterocycles. The second-order valence-corrected chi connectivity index (χ2v) is 16.1. The van der Waals surface area contributed by atoms with Crippen molar-refractivity contribution >= 4 is 44.6 Å². The minimum absolute atomic E-state index is 0.0166. The van der Waals surface area contributed by atoms with E-state index in [1.807, 2.05) is 18.2 Å². The van der Waals surface area contributed by atoms with E-state index in [1.165, 1.54) is 40.7 Å². The van der Waals surface area contributed by atoms with E-state index >= 15 is 0 Å². The highest BCUT2D eigenvalue weighted by Crippen LogP contribution is 2.48. The van der Waals surface area contributed by atoms with Crippen LogP contribution in [0.5, 0.6) is 11.5 Å². The maximum atomic E-state index is 13.1. The number of hydrogen-bond donors (Lipinski definition) is 0. The Labute approximate surface area is 318 Å². The summed E-state index contributed by atoms with van der Waals surface area (Å²) in [6.07, 6.45) is 0.105. The van der Waals surface area contributed by atoms with Crippen LogP contribution in [0, 0.1) is 11.8 Å². The number of hydrogen-bond acceptors (Lipinski definition) is 5. The first kappa shape index (κ1) is 38.0. The number of benzene rings is 4. The minimum Gasteiger partial charge on any atom is -0.406 e. The van der Waals surface area contributed by atoms with Gasteiger partial charge in [0, 0.05) is 47.2 Å². The Kier molecular flexibility index (Phi) is 10.4. The van der Waals surface area contributed by atoms with Gasteiger partial charge >= 0.3 is 12.7 Å². The molecule has 0 spiro atoms. The van der Waals surface area contributed by atoms with Crippen LogP contribution in [-0.4, -0.2) is 34.2 Å². The molecule has 4 aromatic carbocycles. The number of rotatable bonds is 6. The van der Waals surface area contributed by atoms with E-state index in [2.05, 4.69) is 26.5 Å². The Hall–Kier alpha value is -4.33. The number of anilines is 2. The second kappa shape index (κ2) is 14.7. The van der Waals surface area contributed by atoms with Gasteiger partial charge in [0.15, 0.2) is 0 Å². The van der Waals surface area contributed by atoms with Crippen LogP contribution in [0.25, 0.3) is 0 Å². The predicted octanol–water partition coefficient (Wildman–Crippen LogP) is 11.0. The molecular weight excluding hydrogens is 777 g/mol. The molecule has 0 saturated heterocycles. The van der Waals surface area contributed by atoms with E-state index in [0.717, 1.165) is 35.8 Å². The van der Waals surface area contributed by atoms with Crippen LogP contribution in [0.2, 0.25) is 10.0 Å². The molecule has 2 aliphatic heterocycles. The van der Waals surface area contributed by atoms with Crippen LogP contribution in [0.1, 0.15) is 41.4 Å². The molecule has 0 N–H and O–H groups in total. The van der Waals surface area contributed by atoms with E-state index in [1.54, 1.807) is 36.4 Å². The van der Waals surface area contributed by atoms with Crippen molar-refractivity contribution in [1.29, 1.82) is 0 Å². The Morgan fingerprint density at radius 3 is 1.81 bits per heavy atom. The highest BCUT2D eigenvalue weighted by atomic mass is 35.5. The van der Waals surface area contributed by atoms with E-state index in [-0.39, 0.29) is 40.7 Å². The number of nitrogens with zero attached hydrogens (tertiary/aromatic N) is 2. The topological polar surface area (TPSA) is 59.1 Å². The smallest absolute Gasteiger partial charge is 0.406 e. The van der Waals surface area contributed by atoms with Gasteiger partial charge in [0.2, 0.25) is 0 Å². The van der Waals surface area contributed by atoms with Crippen molar-refractivity contribution < 1.29 is 44.2 Å². The highest BCUT2D eigenvalue weighted by Gasteiger charge is 2.41. The number of ether oxygens (including phenoxy) is 2. The summed E-state index contributed by atoms with van der Waals surface area (Å²) in [7, 11) is -3.82. The molecule has 4 aliphatic rings. The van der Waals surface area contributed by atoms with Crippen molar-refractivity contribution in [2.75, 3.05) is 22.3 Å². The van der Waals surface area contributed by atoms with Crippen molar-refractivity contribution in [3.63, 3.8) is 0 Å². The molecule has 0 amide bonds. The third kappa shape index (κ3) is 8.18. The Balaban J connectivity index is 0.000000167. The van der Waals surface area contributed by atoms with Gasteiger partial charge in [-0.1, -0.05) is 71.8 Å². The van der Waals surface area contributed by atoms with Gasteiger partial charge in [0.1, 0.15) is 11.5 Å². The molecule has 284 valence electrons. The first-order valence-corrected chi connectivity index (χ1v) is 19.1. The summed E-state index contributed by atoms with van der Waals surface area (Å²) < 4.78 is 111. The third-order valence-electron chi connectivity index (χ3n) is 9.94. The molecule has 6 nitrogen and oxygen atoms in total. The van der Waals surface area contributed by atoms with Crippen LogP contribution < -0.4 is 18.7 Å². The normalized spacial score (nSPS) is 21.4. The number of allylic oxidation sites excluding steroid dienone is 4. The van der Waals surface area contributed by atoms with Crippen LogP contribution in [-0.2, 0) is 16.6 Å². The van der Waals surface area contributed by atoms with Gasteiger partial charge in [0.25, 0.3) is 10.0 Å². The van der Waals surface area contributed by atoms with Gasteiger partial charge in [0.05, 0.1) is 10.6 Å². The number of halogens is 8. The fourth-order valence-corrected chi connectivity index (χ4v) is 9.69. The van der Waals surface area contributed by atoms with E-state index < -0.39 is 22.7 Å². The fraction of sp³-hybridized carbons (Fsp3) is 0.282. The standard InChI is InChI=1S/C20H16Cl2F3NO.C19H16F3NO3S/c21-14-5-4-13(18(22)8-14)11-26-10-12-2-1-3-16(12)17-9-15(6-7-19(17)26)27-20(23,24)25;20-19(21,22)26-14-9-10-18-17(11-14)16-8-4-5-13(16)12-23(18)27(24,25)15-6-2-1-3-7-15/h1,3-9,12,16H,2,10-11H2;1-4,6-11,13,16H,5,12H2. The van der Waals surface area contributed by atoms with Crippen LogP contribution in [0.15, 0.2) is 114 Å². The molecule has 54 heavy (non-hydrogen) atoms. The summed E-state index contributed by atoms with van der Waals surface area (Å²) in [5.41, 5.74) is 3.60. The first-order valence-electron chi connectivity index (χ1n) is 16.9. The van der Waals surface area contributed by atoms with Gasteiger partial charge in [-0.25, -0.2) is 8.42 Å². The van der Waals surface area contributed by atoms with Crippen molar-refractivity contribution in [1.82, 2.24) is 0 Å². The van der Waals surface area contributed by atoms with Crippen molar-refractivity contribution in [2.45, 2.75) is 48.8 Å². The van der Waals surface area contributed by atoms with Crippen molar-refractivity contribution in [2.24, 2.45) is 11.8 Å². The molecule has 2 aliphatic carbocycles. The average Bonchev–Trinajstić information content (AvgIpc) is 3.79. The SMILES string of the molecule is FC(F)(F)Oc1ccc2c(c1)C1C=CCC1CN2Cc1ccc(Cl)cc1Cl.O=S(=O)(c1ccccc1)N1CC2CC=CC2c2cc(OC(F)(F)F)ccc21. The number of sulfonamides is 1. The van der Waals surface area contributed by atoms with Gasteiger partial charge in [-0.2, -0.15) is 0 Å². The quantitative estimate of drug-likeness (QED) is 0.143. The van der Waals surface area contributed by atoms with E-state index in [4.69, 9.17) is 23.2 Å². The molecule has 4 unspecified atom stereocenters. The van der Waals surface area contributed by atoms with Crippen molar-refractivity contribution in [3.8, 4) is 11.5 Å². The fourth-order valence-electron chi connectivity index (χ4n) is 7.65. The van der Waals surface area contributed by atoms with Gasteiger partial charge < -0.3 is 14.4 Å². The molecular formula is C39H32Cl2F6N2O4S. The van der Waals surface area contributed by atoms with E-state index in [9.17, 15) is 34.8 Å². The number of alkyl halides is 6. The molecule has 0 radical (unpaired) electrons. The summed E-state index contributed by atoms with van der Waals surface area (Å²) in [5, 5.41) is 1.14. The summed E-state index contributed by atoms with van der Waals surface area (Å²) in [6, 6.07) is 21.8. The summed E-state index contributed by atoms with van der Waals surface area (Å²) >= 11 is 12.3. The highest BCUT2D eigenvalue weighted by molar-refractivity contribution is 7.92. The van der Waals surface area contributed by atoms with Crippen LogP contribution >= 0.6 is 23.2 Å². The zero-order valence-corrected chi connectivity index (χ0v) is 30.5. The molecule has 8 rings (SSSR count). The lowest BCUT2D eigenvalue weighted by atomic mass is 9.83. The molecule has 0 fully saturated rings. The first-order chi connectivity index (χ1) is 25.6. The Morgan fingerprint density at radius 2 is 1.24 bits per heavy atom. The van der Waals surface area contributed by atoms with Crippen molar-refractivity contribution in [3.05, 3.63) is 136 Å². The maximum absolute atomic E-state index is 13.1. The average molecular weight is 810 g/mol. The monoisotopic (exact) mass is 808 g/mol. The zero-order valence-electron chi connectivity index (χ0n) is 28.2.